The zero-order valence-corrected chi connectivity index (χ0v) is 11.4. The molecule has 3 aromatic rings. The van der Waals surface area contributed by atoms with Crippen LogP contribution in [0.4, 0.5) is 0 Å². The van der Waals surface area contributed by atoms with Gasteiger partial charge < -0.3 is 5.11 Å². The minimum Gasteiger partial charge on any atom is -0.478 e. The van der Waals surface area contributed by atoms with Gasteiger partial charge in [-0.25, -0.2) is 4.79 Å². The minimum absolute atomic E-state index is 0.304. The lowest BCUT2D eigenvalue weighted by atomic mass is 9.98. The number of carbonyl (C=O) groups is 1. The summed E-state index contributed by atoms with van der Waals surface area (Å²) in [7, 11) is 0. The predicted octanol–water partition coefficient (Wildman–Crippen LogP) is 4.72. The number of hydrogen-bond donors (Lipinski definition) is 1. The Kier molecular flexibility index (Phi) is 3.52. The van der Waals surface area contributed by atoms with Crippen molar-refractivity contribution in [1.29, 1.82) is 0 Å². The van der Waals surface area contributed by atoms with Crippen LogP contribution in [0.2, 0.25) is 0 Å². The Balaban J connectivity index is 1.98. The summed E-state index contributed by atoms with van der Waals surface area (Å²) < 4.78 is 0. The first kappa shape index (κ1) is 13.1. The summed E-state index contributed by atoms with van der Waals surface area (Å²) in [4.78, 5) is 10.9. The van der Waals surface area contributed by atoms with Crippen LogP contribution in [0.5, 0.6) is 0 Å². The van der Waals surface area contributed by atoms with E-state index in [1.807, 2.05) is 42.5 Å². The van der Waals surface area contributed by atoms with Crippen LogP contribution in [0.15, 0.2) is 78.9 Å². The van der Waals surface area contributed by atoms with E-state index in [1.165, 1.54) is 5.56 Å². The zero-order valence-electron chi connectivity index (χ0n) is 11.4. The maximum Gasteiger partial charge on any atom is 0.335 e. The van der Waals surface area contributed by atoms with Crippen molar-refractivity contribution in [3.8, 4) is 22.3 Å². The molecule has 0 bridgehead atoms. The number of aromatic carboxylic acids is 1. The van der Waals surface area contributed by atoms with Gasteiger partial charge in [0.25, 0.3) is 0 Å². The van der Waals surface area contributed by atoms with Crippen molar-refractivity contribution >= 4 is 5.97 Å². The van der Waals surface area contributed by atoms with Crippen LogP contribution in [-0.4, -0.2) is 11.1 Å². The van der Waals surface area contributed by atoms with E-state index >= 15 is 0 Å². The fourth-order valence-corrected chi connectivity index (χ4v) is 2.31. The normalized spacial score (nSPS) is 10.3. The standard InChI is InChI=1S/C19H14O2/c20-19(21)16-11-9-15(10-12-16)18-8-4-7-17(13-18)14-5-2-1-3-6-14/h1-13H,(H,20,21). The fourth-order valence-electron chi connectivity index (χ4n) is 2.31. The van der Waals surface area contributed by atoms with E-state index in [2.05, 4.69) is 24.3 Å². The Bertz CT molecular complexity index is 759. The van der Waals surface area contributed by atoms with Crippen molar-refractivity contribution in [2.45, 2.75) is 0 Å². The molecule has 0 aliphatic rings. The molecule has 0 heterocycles. The molecule has 1 N–H and O–H groups in total. The lowest BCUT2D eigenvalue weighted by Gasteiger charge is -2.06. The van der Waals surface area contributed by atoms with Gasteiger partial charge in [0.15, 0.2) is 0 Å². The van der Waals surface area contributed by atoms with Gasteiger partial charge in [-0.05, 0) is 40.5 Å². The van der Waals surface area contributed by atoms with E-state index in [4.69, 9.17) is 5.11 Å². The summed E-state index contributed by atoms with van der Waals surface area (Å²) >= 11 is 0. The molecule has 0 aliphatic carbocycles. The number of carboxylic acid groups (broad SMARTS) is 1. The Morgan fingerprint density at radius 3 is 1.71 bits per heavy atom. The van der Waals surface area contributed by atoms with E-state index < -0.39 is 5.97 Å². The zero-order chi connectivity index (χ0) is 14.7. The van der Waals surface area contributed by atoms with Crippen molar-refractivity contribution in [3.63, 3.8) is 0 Å². The molecule has 0 spiro atoms. The molecule has 0 aliphatic heterocycles. The Hall–Kier alpha value is -2.87. The fraction of sp³-hybridized carbons (Fsp3) is 0. The van der Waals surface area contributed by atoms with Crippen LogP contribution in [0.1, 0.15) is 10.4 Å². The van der Waals surface area contributed by atoms with Crippen molar-refractivity contribution < 1.29 is 9.90 Å². The molecule has 3 rings (SSSR count). The van der Waals surface area contributed by atoms with E-state index in [0.29, 0.717) is 5.56 Å². The summed E-state index contributed by atoms with van der Waals surface area (Å²) in [5, 5.41) is 8.94. The van der Waals surface area contributed by atoms with Gasteiger partial charge in [0, 0.05) is 0 Å². The highest BCUT2D eigenvalue weighted by Crippen LogP contribution is 2.26. The third-order valence-corrected chi connectivity index (χ3v) is 3.43. The molecule has 0 aromatic heterocycles. The van der Waals surface area contributed by atoms with Gasteiger partial charge >= 0.3 is 5.97 Å². The molecule has 0 saturated carbocycles. The average Bonchev–Trinajstić information content (AvgIpc) is 2.56. The van der Waals surface area contributed by atoms with Gasteiger partial charge in [-0.1, -0.05) is 60.7 Å². The summed E-state index contributed by atoms with van der Waals surface area (Å²) in [6.07, 6.45) is 0. The van der Waals surface area contributed by atoms with E-state index in [1.54, 1.807) is 12.1 Å². The van der Waals surface area contributed by atoms with Crippen LogP contribution in [0.3, 0.4) is 0 Å². The highest BCUT2D eigenvalue weighted by atomic mass is 16.4. The first-order valence-corrected chi connectivity index (χ1v) is 6.73. The first-order chi connectivity index (χ1) is 10.2. The smallest absolute Gasteiger partial charge is 0.335 e. The lowest BCUT2D eigenvalue weighted by molar-refractivity contribution is 0.0697. The highest BCUT2D eigenvalue weighted by molar-refractivity contribution is 5.88. The second kappa shape index (κ2) is 5.63. The second-order valence-corrected chi connectivity index (χ2v) is 4.83. The van der Waals surface area contributed by atoms with Crippen LogP contribution < -0.4 is 0 Å². The molecule has 0 fully saturated rings. The second-order valence-electron chi connectivity index (χ2n) is 4.83. The van der Waals surface area contributed by atoms with E-state index in [9.17, 15) is 4.79 Å². The molecule has 0 saturated heterocycles. The number of hydrogen-bond acceptors (Lipinski definition) is 1. The van der Waals surface area contributed by atoms with Crippen molar-refractivity contribution in [2.75, 3.05) is 0 Å². The summed E-state index contributed by atoms with van der Waals surface area (Å²) in [5.41, 5.74) is 4.71. The van der Waals surface area contributed by atoms with Crippen LogP contribution in [0, 0.1) is 0 Å². The molecular formula is C19H14O2. The Labute approximate surface area is 123 Å². The maximum absolute atomic E-state index is 10.9. The molecule has 0 atom stereocenters. The first-order valence-electron chi connectivity index (χ1n) is 6.73. The van der Waals surface area contributed by atoms with E-state index in [0.717, 1.165) is 16.7 Å². The molecule has 0 radical (unpaired) electrons. The summed E-state index contributed by atoms with van der Waals surface area (Å²) in [6, 6.07) is 25.4. The van der Waals surface area contributed by atoms with Crippen LogP contribution >= 0.6 is 0 Å². The molecule has 0 amide bonds. The molecule has 21 heavy (non-hydrogen) atoms. The Morgan fingerprint density at radius 1 is 0.619 bits per heavy atom. The topological polar surface area (TPSA) is 37.3 Å². The van der Waals surface area contributed by atoms with Crippen molar-refractivity contribution in [1.82, 2.24) is 0 Å². The van der Waals surface area contributed by atoms with Gasteiger partial charge in [-0.2, -0.15) is 0 Å². The maximum atomic E-state index is 10.9. The van der Waals surface area contributed by atoms with E-state index in [-0.39, 0.29) is 0 Å². The average molecular weight is 274 g/mol. The highest BCUT2D eigenvalue weighted by Gasteiger charge is 2.04. The third kappa shape index (κ3) is 2.84. The SMILES string of the molecule is O=C(O)c1ccc(-c2cccc(-c3ccccc3)c2)cc1. The van der Waals surface area contributed by atoms with Crippen molar-refractivity contribution in [2.24, 2.45) is 0 Å². The van der Waals surface area contributed by atoms with Crippen molar-refractivity contribution in [3.05, 3.63) is 84.4 Å². The molecule has 2 nitrogen and oxygen atoms in total. The molecule has 0 unspecified atom stereocenters. The van der Waals surface area contributed by atoms with Gasteiger partial charge in [0.2, 0.25) is 0 Å². The quantitative estimate of drug-likeness (QED) is 0.750. The number of carboxylic acids is 1. The van der Waals surface area contributed by atoms with Gasteiger partial charge in [-0.15, -0.1) is 0 Å². The number of benzene rings is 3. The van der Waals surface area contributed by atoms with Gasteiger partial charge in [0.1, 0.15) is 0 Å². The van der Waals surface area contributed by atoms with Gasteiger partial charge in [0.05, 0.1) is 5.56 Å². The Morgan fingerprint density at radius 2 is 1.14 bits per heavy atom. The largest absolute Gasteiger partial charge is 0.478 e. The predicted molar refractivity (Wildman–Crippen MR) is 84.3 cm³/mol. The minimum atomic E-state index is -0.903. The third-order valence-electron chi connectivity index (χ3n) is 3.43. The summed E-state index contributed by atoms with van der Waals surface area (Å²) in [5.74, 6) is -0.903. The summed E-state index contributed by atoms with van der Waals surface area (Å²) in [6.45, 7) is 0. The van der Waals surface area contributed by atoms with Gasteiger partial charge in [-0.3, -0.25) is 0 Å². The molecule has 3 aromatic carbocycles. The van der Waals surface area contributed by atoms with Crippen LogP contribution in [-0.2, 0) is 0 Å². The van der Waals surface area contributed by atoms with Crippen LogP contribution in [0.25, 0.3) is 22.3 Å². The number of rotatable bonds is 3. The monoisotopic (exact) mass is 274 g/mol. The molecule has 102 valence electrons. The molecule has 2 heteroatoms. The lowest BCUT2D eigenvalue weighted by Crippen LogP contribution is -1.94. The molecular weight excluding hydrogens is 260 g/mol.